The Morgan fingerprint density at radius 3 is 2.68 bits per heavy atom. The lowest BCUT2D eigenvalue weighted by atomic mass is 9.84. The number of ether oxygens (including phenoxy) is 1. The summed E-state index contributed by atoms with van der Waals surface area (Å²) in [4.78, 5) is 25.5. The zero-order chi connectivity index (χ0) is 14.0. The first kappa shape index (κ1) is 14.3. The van der Waals surface area contributed by atoms with E-state index in [1.54, 1.807) is 11.8 Å². The number of hydrogen-bond donors (Lipinski definition) is 1. The molecule has 2 aliphatic rings. The van der Waals surface area contributed by atoms with E-state index in [9.17, 15) is 14.7 Å². The molecule has 1 amide bonds. The largest absolute Gasteiger partial charge is 0.480 e. The van der Waals surface area contributed by atoms with Crippen LogP contribution in [-0.2, 0) is 14.3 Å². The Kier molecular flexibility index (Phi) is 4.45. The van der Waals surface area contributed by atoms with Crippen LogP contribution in [0.2, 0.25) is 0 Å². The molecule has 108 valence electrons. The van der Waals surface area contributed by atoms with Crippen molar-refractivity contribution in [3.8, 4) is 0 Å². The summed E-state index contributed by atoms with van der Waals surface area (Å²) in [6.45, 7) is 4.01. The van der Waals surface area contributed by atoms with Gasteiger partial charge in [0.25, 0.3) is 5.91 Å². The van der Waals surface area contributed by atoms with Gasteiger partial charge in [-0.3, -0.25) is 4.79 Å². The molecule has 0 bridgehead atoms. The molecule has 1 aliphatic carbocycles. The number of carboxylic acid groups (broad SMARTS) is 1. The second-order valence-corrected chi connectivity index (χ2v) is 5.54. The van der Waals surface area contributed by atoms with Gasteiger partial charge < -0.3 is 14.7 Å². The Hall–Kier alpha value is -1.10. The Balaban J connectivity index is 2.17. The maximum Gasteiger partial charge on any atom is 0.326 e. The lowest BCUT2D eigenvalue weighted by Crippen LogP contribution is -2.50. The van der Waals surface area contributed by atoms with Crippen LogP contribution in [0.5, 0.6) is 0 Å². The lowest BCUT2D eigenvalue weighted by Gasteiger charge is -2.34. The van der Waals surface area contributed by atoms with Crippen molar-refractivity contribution < 1.29 is 19.4 Å². The van der Waals surface area contributed by atoms with Gasteiger partial charge in [0.2, 0.25) is 0 Å². The molecular formula is C14H23NO4. The monoisotopic (exact) mass is 269 g/mol. The zero-order valence-electron chi connectivity index (χ0n) is 11.7. The van der Waals surface area contributed by atoms with E-state index in [1.165, 1.54) is 0 Å². The summed E-state index contributed by atoms with van der Waals surface area (Å²) >= 11 is 0. The van der Waals surface area contributed by atoms with Crippen LogP contribution in [0.15, 0.2) is 0 Å². The number of likely N-dealkylation sites (tertiary alicyclic amines) is 1. The van der Waals surface area contributed by atoms with Gasteiger partial charge in [0.05, 0.1) is 0 Å². The Morgan fingerprint density at radius 2 is 2.05 bits per heavy atom. The minimum atomic E-state index is -0.883. The van der Waals surface area contributed by atoms with E-state index in [0.717, 1.165) is 25.7 Å². The molecule has 0 aromatic carbocycles. The Morgan fingerprint density at radius 1 is 1.37 bits per heavy atom. The molecule has 0 unspecified atom stereocenters. The predicted octanol–water partition coefficient (Wildman–Crippen LogP) is 1.66. The lowest BCUT2D eigenvalue weighted by molar-refractivity contribution is -0.155. The first-order chi connectivity index (χ1) is 9.06. The van der Waals surface area contributed by atoms with Crippen LogP contribution in [0.4, 0.5) is 0 Å². The van der Waals surface area contributed by atoms with Crippen LogP contribution in [0.3, 0.4) is 0 Å². The average molecular weight is 269 g/mol. The third kappa shape index (κ3) is 2.76. The van der Waals surface area contributed by atoms with Crippen molar-refractivity contribution in [2.45, 2.75) is 64.1 Å². The summed E-state index contributed by atoms with van der Waals surface area (Å²) in [5, 5.41) is 9.36. The van der Waals surface area contributed by atoms with Crippen LogP contribution in [0.25, 0.3) is 0 Å². The number of hydrogen-bond acceptors (Lipinski definition) is 3. The molecule has 0 aromatic rings. The van der Waals surface area contributed by atoms with Crippen molar-refractivity contribution in [2.24, 2.45) is 5.92 Å². The average Bonchev–Trinajstić information content (AvgIpc) is 2.77. The SMILES string of the molecule is CCO[C@H](C)C(=O)N1[C@@H]2CCCC[C@H]2C[C@H]1C(=O)O. The molecule has 5 nitrogen and oxygen atoms in total. The summed E-state index contributed by atoms with van der Waals surface area (Å²) in [5.74, 6) is -0.692. The molecule has 1 aliphatic heterocycles. The highest BCUT2D eigenvalue weighted by Gasteiger charge is 2.48. The van der Waals surface area contributed by atoms with Gasteiger partial charge in [0.15, 0.2) is 0 Å². The van der Waals surface area contributed by atoms with Crippen LogP contribution in [0.1, 0.15) is 46.0 Å². The van der Waals surface area contributed by atoms with E-state index in [-0.39, 0.29) is 11.9 Å². The number of carbonyl (C=O) groups is 2. The fourth-order valence-corrected chi connectivity index (χ4v) is 3.53. The minimum absolute atomic E-state index is 0.102. The highest BCUT2D eigenvalue weighted by Crippen LogP contribution is 2.40. The summed E-state index contributed by atoms with van der Waals surface area (Å²) in [6, 6.07) is -0.561. The fourth-order valence-electron chi connectivity index (χ4n) is 3.53. The predicted molar refractivity (Wildman–Crippen MR) is 69.7 cm³/mol. The molecular weight excluding hydrogens is 246 g/mol. The van der Waals surface area contributed by atoms with Gasteiger partial charge in [0, 0.05) is 12.6 Å². The van der Waals surface area contributed by atoms with Crippen molar-refractivity contribution in [1.29, 1.82) is 0 Å². The first-order valence-corrected chi connectivity index (χ1v) is 7.22. The molecule has 0 spiro atoms. The van der Waals surface area contributed by atoms with Gasteiger partial charge in [-0.05, 0) is 39.0 Å². The fraction of sp³-hybridized carbons (Fsp3) is 0.857. The smallest absolute Gasteiger partial charge is 0.326 e. The molecule has 5 heteroatoms. The van der Waals surface area contributed by atoms with E-state index in [0.29, 0.717) is 18.9 Å². The van der Waals surface area contributed by atoms with Crippen molar-refractivity contribution in [2.75, 3.05) is 6.61 Å². The van der Waals surface area contributed by atoms with Crippen LogP contribution in [0, 0.1) is 5.92 Å². The van der Waals surface area contributed by atoms with Gasteiger partial charge in [-0.15, -0.1) is 0 Å². The molecule has 4 atom stereocenters. The molecule has 2 fully saturated rings. The normalized spacial score (nSPS) is 31.9. The maximum atomic E-state index is 12.4. The molecule has 2 rings (SSSR count). The van der Waals surface area contributed by atoms with Gasteiger partial charge in [-0.1, -0.05) is 12.8 Å². The number of rotatable bonds is 4. The maximum absolute atomic E-state index is 12.4. The highest BCUT2D eigenvalue weighted by atomic mass is 16.5. The summed E-state index contributed by atoms with van der Waals surface area (Å²) in [6.07, 6.45) is 4.26. The molecule has 0 radical (unpaired) electrons. The van der Waals surface area contributed by atoms with Crippen molar-refractivity contribution >= 4 is 11.9 Å². The minimum Gasteiger partial charge on any atom is -0.480 e. The number of carboxylic acids is 1. The van der Waals surface area contributed by atoms with Crippen molar-refractivity contribution in [1.82, 2.24) is 4.90 Å². The standard InChI is InChI=1S/C14H23NO4/c1-3-19-9(2)13(16)15-11-7-5-4-6-10(11)8-12(15)14(17)18/h9-12H,3-8H2,1-2H3,(H,17,18)/t9-,10+,11-,12+/m1/s1. The van der Waals surface area contributed by atoms with Gasteiger partial charge in [0.1, 0.15) is 12.1 Å². The van der Waals surface area contributed by atoms with E-state index in [4.69, 9.17) is 4.74 Å². The highest BCUT2D eigenvalue weighted by molar-refractivity contribution is 5.87. The van der Waals surface area contributed by atoms with E-state index in [2.05, 4.69) is 0 Å². The zero-order valence-corrected chi connectivity index (χ0v) is 11.7. The van der Waals surface area contributed by atoms with Crippen LogP contribution < -0.4 is 0 Å². The Bertz CT molecular complexity index is 357. The molecule has 0 aromatic heterocycles. The van der Waals surface area contributed by atoms with Crippen LogP contribution >= 0.6 is 0 Å². The van der Waals surface area contributed by atoms with E-state index >= 15 is 0 Å². The van der Waals surface area contributed by atoms with Crippen molar-refractivity contribution in [3.63, 3.8) is 0 Å². The number of amides is 1. The molecule has 1 saturated heterocycles. The van der Waals surface area contributed by atoms with Gasteiger partial charge in [-0.2, -0.15) is 0 Å². The number of carbonyl (C=O) groups excluding carboxylic acids is 1. The topological polar surface area (TPSA) is 66.8 Å². The third-order valence-corrected chi connectivity index (χ3v) is 4.39. The summed E-state index contributed by atoms with van der Waals surface area (Å²) in [5.41, 5.74) is 0. The summed E-state index contributed by atoms with van der Waals surface area (Å²) in [7, 11) is 0. The Labute approximate surface area is 113 Å². The van der Waals surface area contributed by atoms with E-state index < -0.39 is 18.1 Å². The van der Waals surface area contributed by atoms with Gasteiger partial charge >= 0.3 is 5.97 Å². The number of aliphatic carboxylic acids is 1. The molecule has 1 saturated carbocycles. The van der Waals surface area contributed by atoms with Crippen LogP contribution in [-0.4, -0.2) is 46.7 Å². The molecule has 1 N–H and O–H groups in total. The summed E-state index contributed by atoms with van der Waals surface area (Å²) < 4.78 is 5.34. The second-order valence-electron chi connectivity index (χ2n) is 5.54. The number of nitrogens with zero attached hydrogens (tertiary/aromatic N) is 1. The quantitative estimate of drug-likeness (QED) is 0.842. The van der Waals surface area contributed by atoms with E-state index in [1.807, 2.05) is 6.92 Å². The number of fused-ring (bicyclic) bond motifs is 1. The third-order valence-electron chi connectivity index (χ3n) is 4.39. The molecule has 1 heterocycles. The van der Waals surface area contributed by atoms with Crippen molar-refractivity contribution in [3.05, 3.63) is 0 Å². The second kappa shape index (κ2) is 5.90. The molecule has 19 heavy (non-hydrogen) atoms. The van der Waals surface area contributed by atoms with Gasteiger partial charge in [-0.25, -0.2) is 4.79 Å². The first-order valence-electron chi connectivity index (χ1n) is 7.22.